The molecule has 0 aromatic heterocycles. The lowest BCUT2D eigenvalue weighted by Gasteiger charge is -2.42. The Labute approximate surface area is 155 Å². The smallest absolute Gasteiger partial charge is 0.263 e. The van der Waals surface area contributed by atoms with E-state index in [1.165, 1.54) is 6.07 Å². The topological polar surface area (TPSA) is 98.5 Å². The van der Waals surface area contributed by atoms with Crippen molar-refractivity contribution in [3.05, 3.63) is 62.7 Å². The summed E-state index contributed by atoms with van der Waals surface area (Å²) in [5, 5.41) is 27.1. The number of nitro benzene ring substituents is 1. The van der Waals surface area contributed by atoms with Gasteiger partial charge < -0.3 is 15.3 Å². The molecule has 7 nitrogen and oxygen atoms in total. The molecule has 136 valence electrons. The van der Waals surface area contributed by atoms with Crippen LogP contribution in [0.1, 0.15) is 42.4 Å². The molecule has 0 spiro atoms. The number of halogens is 1. The van der Waals surface area contributed by atoms with E-state index in [9.17, 15) is 20.0 Å². The third-order valence-corrected chi connectivity index (χ3v) is 4.80. The number of nitrogens with zero attached hydrogens (tertiary/aromatic N) is 2. The van der Waals surface area contributed by atoms with E-state index in [1.54, 1.807) is 29.2 Å². The van der Waals surface area contributed by atoms with Crippen molar-refractivity contribution in [2.45, 2.75) is 32.5 Å². The molecule has 2 atom stereocenters. The first-order valence-electron chi connectivity index (χ1n) is 8.18. The van der Waals surface area contributed by atoms with Gasteiger partial charge in [-0.15, -0.1) is 0 Å². The largest absolute Gasteiger partial charge is 0.868 e. The van der Waals surface area contributed by atoms with Crippen molar-refractivity contribution in [1.82, 2.24) is 4.90 Å². The highest BCUT2D eigenvalue weighted by Crippen LogP contribution is 2.41. The van der Waals surface area contributed by atoms with Crippen LogP contribution in [0.3, 0.4) is 0 Å². The maximum absolute atomic E-state index is 13.0. The molecule has 0 saturated heterocycles. The summed E-state index contributed by atoms with van der Waals surface area (Å²) < 4.78 is 0. The number of hydrogen-bond acceptors (Lipinski definition) is 5. The van der Waals surface area contributed by atoms with Crippen molar-refractivity contribution < 1.29 is 14.8 Å². The summed E-state index contributed by atoms with van der Waals surface area (Å²) in [6.07, 6.45) is -0.180. The van der Waals surface area contributed by atoms with E-state index in [1.807, 2.05) is 13.8 Å². The number of para-hydroxylation sites is 1. The van der Waals surface area contributed by atoms with Gasteiger partial charge in [0.1, 0.15) is 6.17 Å². The zero-order valence-electron chi connectivity index (χ0n) is 14.2. The highest BCUT2D eigenvalue weighted by molar-refractivity contribution is 6.31. The molecule has 1 heterocycles. The van der Waals surface area contributed by atoms with Gasteiger partial charge in [0.15, 0.2) is 0 Å². The molecule has 1 aliphatic rings. The number of anilines is 1. The highest BCUT2D eigenvalue weighted by Gasteiger charge is 2.36. The molecule has 2 aromatic carbocycles. The maximum Gasteiger partial charge on any atom is 0.263 e. The number of benzene rings is 2. The van der Waals surface area contributed by atoms with E-state index < -0.39 is 22.5 Å². The van der Waals surface area contributed by atoms with Crippen molar-refractivity contribution in [3.8, 4) is 5.75 Å². The molecule has 0 fully saturated rings. The molecule has 0 saturated carbocycles. The molecule has 8 heteroatoms. The monoisotopic (exact) mass is 374 g/mol. The van der Waals surface area contributed by atoms with Crippen LogP contribution in [-0.2, 0) is 0 Å². The normalized spacial score (nSPS) is 17.4. The van der Waals surface area contributed by atoms with Crippen molar-refractivity contribution in [1.29, 1.82) is 0 Å². The minimum absolute atomic E-state index is 0.0727. The number of amides is 1. The van der Waals surface area contributed by atoms with Crippen molar-refractivity contribution in [2.75, 3.05) is 5.32 Å². The van der Waals surface area contributed by atoms with E-state index >= 15 is 0 Å². The molecule has 0 aliphatic carbocycles. The van der Waals surface area contributed by atoms with Crippen LogP contribution in [0, 0.1) is 10.1 Å². The Balaban J connectivity index is 2.19. The van der Waals surface area contributed by atoms with Crippen LogP contribution in [0.2, 0.25) is 5.02 Å². The predicted octanol–water partition coefficient (Wildman–Crippen LogP) is 3.69. The SMILES string of the molecule is CC[C@H](C)N1C(=O)c2ccccc2N[C@@H]1c1cc(Cl)cc([N+](=O)[O-])c1[O-]. The van der Waals surface area contributed by atoms with Gasteiger partial charge in [-0.05, 0) is 42.9 Å². The van der Waals surface area contributed by atoms with Gasteiger partial charge in [-0.3, -0.25) is 14.9 Å². The molecule has 0 bridgehead atoms. The third kappa shape index (κ3) is 2.94. The maximum atomic E-state index is 13.0. The lowest BCUT2D eigenvalue weighted by Crippen LogP contribution is -2.47. The molecule has 2 aromatic rings. The molecule has 0 unspecified atom stereocenters. The summed E-state index contributed by atoms with van der Waals surface area (Å²) in [6, 6.07) is 9.19. The van der Waals surface area contributed by atoms with Crippen LogP contribution in [0.5, 0.6) is 5.75 Å². The van der Waals surface area contributed by atoms with E-state index in [0.29, 0.717) is 17.7 Å². The molecular formula is C18H17ClN3O4-. The Morgan fingerprint density at radius 2 is 2.04 bits per heavy atom. The first kappa shape index (κ1) is 18.0. The second-order valence-electron chi connectivity index (χ2n) is 6.16. The Morgan fingerprint density at radius 3 is 2.69 bits per heavy atom. The number of nitrogens with one attached hydrogen (secondary N) is 1. The van der Waals surface area contributed by atoms with Gasteiger partial charge in [0.25, 0.3) is 11.6 Å². The number of nitro groups is 1. The molecule has 1 aliphatic heterocycles. The summed E-state index contributed by atoms with van der Waals surface area (Å²) in [5.74, 6) is -0.988. The first-order chi connectivity index (χ1) is 12.3. The number of rotatable bonds is 4. The van der Waals surface area contributed by atoms with Gasteiger partial charge in [0.2, 0.25) is 0 Å². The number of carbonyl (C=O) groups is 1. The molecule has 0 radical (unpaired) electrons. The van der Waals surface area contributed by atoms with Crippen LogP contribution in [0.15, 0.2) is 36.4 Å². The molecular weight excluding hydrogens is 358 g/mol. The van der Waals surface area contributed by atoms with Gasteiger partial charge in [-0.2, -0.15) is 0 Å². The van der Waals surface area contributed by atoms with Gasteiger partial charge in [-0.1, -0.05) is 30.7 Å². The van der Waals surface area contributed by atoms with Crippen LogP contribution < -0.4 is 10.4 Å². The van der Waals surface area contributed by atoms with Gasteiger partial charge in [-0.25, -0.2) is 0 Å². The Hall–Kier alpha value is -2.80. The van der Waals surface area contributed by atoms with E-state index in [0.717, 1.165) is 6.07 Å². The molecule has 1 amide bonds. The standard InChI is InChI=1S/C18H18ClN3O4/c1-3-10(2)21-17(20-14-7-5-4-6-12(14)18(21)24)13-8-11(19)9-15(16(13)23)22(25)26/h4-10,17,20,23H,3H2,1-2H3/p-1/t10-,17-/m0/s1. The average Bonchev–Trinajstić information content (AvgIpc) is 2.62. The number of fused-ring (bicyclic) bond motifs is 1. The summed E-state index contributed by atoms with van der Waals surface area (Å²) in [7, 11) is 0. The fourth-order valence-corrected chi connectivity index (χ4v) is 3.31. The van der Waals surface area contributed by atoms with E-state index in [-0.39, 0.29) is 22.5 Å². The van der Waals surface area contributed by atoms with Gasteiger partial charge >= 0.3 is 0 Å². The lowest BCUT2D eigenvalue weighted by atomic mass is 10.00. The first-order valence-corrected chi connectivity index (χ1v) is 8.56. The van der Waals surface area contributed by atoms with Crippen LogP contribution in [0.4, 0.5) is 11.4 Å². The molecule has 1 N–H and O–H groups in total. The minimum atomic E-state index is -0.836. The molecule has 26 heavy (non-hydrogen) atoms. The zero-order valence-corrected chi connectivity index (χ0v) is 15.0. The van der Waals surface area contributed by atoms with Crippen molar-refractivity contribution in [3.63, 3.8) is 0 Å². The van der Waals surface area contributed by atoms with Crippen molar-refractivity contribution in [2.24, 2.45) is 0 Å². The Kier molecular flexibility index (Phi) is 4.73. The summed E-state index contributed by atoms with van der Waals surface area (Å²) >= 11 is 6.01. The van der Waals surface area contributed by atoms with Gasteiger partial charge in [0.05, 0.1) is 10.5 Å². The average molecular weight is 375 g/mol. The highest BCUT2D eigenvalue weighted by atomic mass is 35.5. The van der Waals surface area contributed by atoms with Crippen molar-refractivity contribution >= 4 is 28.9 Å². The summed E-state index contributed by atoms with van der Waals surface area (Å²) in [5.41, 5.74) is 0.536. The fraction of sp³-hybridized carbons (Fsp3) is 0.278. The zero-order chi connectivity index (χ0) is 19.0. The lowest BCUT2D eigenvalue weighted by molar-refractivity contribution is -0.398. The van der Waals surface area contributed by atoms with E-state index in [2.05, 4.69) is 5.32 Å². The molecule has 3 rings (SSSR count). The van der Waals surface area contributed by atoms with Crippen LogP contribution >= 0.6 is 11.6 Å². The second-order valence-corrected chi connectivity index (χ2v) is 6.60. The predicted molar refractivity (Wildman–Crippen MR) is 96.3 cm³/mol. The number of hydrogen-bond donors (Lipinski definition) is 1. The van der Waals surface area contributed by atoms with Crippen LogP contribution in [-0.4, -0.2) is 21.8 Å². The van der Waals surface area contributed by atoms with Crippen LogP contribution in [0.25, 0.3) is 0 Å². The van der Waals surface area contributed by atoms with E-state index in [4.69, 9.17) is 11.6 Å². The number of carbonyl (C=O) groups excluding carboxylic acids is 1. The minimum Gasteiger partial charge on any atom is -0.868 e. The van der Waals surface area contributed by atoms with Gasteiger partial charge in [0, 0.05) is 22.8 Å². The summed E-state index contributed by atoms with van der Waals surface area (Å²) in [4.78, 5) is 25.0. The third-order valence-electron chi connectivity index (χ3n) is 4.58. The quantitative estimate of drug-likeness (QED) is 0.650. The summed E-state index contributed by atoms with van der Waals surface area (Å²) in [6.45, 7) is 3.79. The Bertz CT molecular complexity index is 887. The fourth-order valence-electron chi connectivity index (χ4n) is 3.09. The Morgan fingerprint density at radius 1 is 1.35 bits per heavy atom. The second kappa shape index (κ2) is 6.84.